The molecule has 0 saturated carbocycles. The van der Waals surface area contributed by atoms with E-state index in [-0.39, 0.29) is 11.8 Å². The van der Waals surface area contributed by atoms with Crippen molar-refractivity contribution >= 4 is 46.1 Å². The molecule has 0 saturated heterocycles. The molecular weight excluding hydrogens is 332 g/mol. The number of anilines is 2. The highest BCUT2D eigenvalue weighted by molar-refractivity contribution is 7.98. The monoisotopic (exact) mass is 350 g/mol. The number of carbonyl (C=O) groups excluding carboxylic acids is 2. The zero-order chi connectivity index (χ0) is 17.7. The van der Waals surface area contributed by atoms with Gasteiger partial charge in [0.25, 0.3) is 11.8 Å². The molecule has 2 aromatic carbocycles. The maximum absolute atomic E-state index is 12.6. The van der Waals surface area contributed by atoms with Gasteiger partial charge in [0.2, 0.25) is 0 Å². The van der Waals surface area contributed by atoms with Crippen LogP contribution in [0.25, 0.3) is 11.1 Å². The Labute approximate surface area is 150 Å². The van der Waals surface area contributed by atoms with E-state index in [9.17, 15) is 9.59 Å². The number of fused-ring (bicyclic) bond motifs is 2. The van der Waals surface area contributed by atoms with Gasteiger partial charge in [0.1, 0.15) is 0 Å². The highest BCUT2D eigenvalue weighted by Gasteiger charge is 2.35. The Bertz CT molecular complexity index is 960. The summed E-state index contributed by atoms with van der Waals surface area (Å²) >= 11 is 1.62. The van der Waals surface area contributed by atoms with E-state index in [1.165, 1.54) is 0 Å². The summed E-state index contributed by atoms with van der Waals surface area (Å²) < 4.78 is 0. The number of nitrogens with one attached hydrogen (secondary N) is 2. The lowest BCUT2D eigenvalue weighted by Crippen LogP contribution is -2.10. The van der Waals surface area contributed by atoms with Gasteiger partial charge in [-0.15, -0.1) is 11.8 Å². The molecule has 0 aliphatic carbocycles. The number of benzene rings is 2. The van der Waals surface area contributed by atoms with Crippen molar-refractivity contribution in [1.29, 1.82) is 0 Å². The SMILES string of the molecule is CSc1ccc2c(c1)NC(=O)/C2=C1/C(=O)Nc2cc(C(C)C)ccc21. The van der Waals surface area contributed by atoms with Gasteiger partial charge in [-0.1, -0.05) is 32.0 Å². The van der Waals surface area contributed by atoms with E-state index >= 15 is 0 Å². The normalized spacial score (nSPS) is 18.2. The highest BCUT2D eigenvalue weighted by atomic mass is 32.2. The first-order chi connectivity index (χ1) is 12.0. The maximum atomic E-state index is 12.6. The Balaban J connectivity index is 1.91. The molecule has 4 nitrogen and oxygen atoms in total. The van der Waals surface area contributed by atoms with Crippen molar-refractivity contribution in [2.24, 2.45) is 0 Å². The van der Waals surface area contributed by atoms with Crippen LogP contribution in [0.3, 0.4) is 0 Å². The van der Waals surface area contributed by atoms with Crippen LogP contribution in [0.5, 0.6) is 0 Å². The summed E-state index contributed by atoms with van der Waals surface area (Å²) in [6.07, 6.45) is 1.99. The van der Waals surface area contributed by atoms with E-state index in [0.29, 0.717) is 17.1 Å². The van der Waals surface area contributed by atoms with E-state index in [2.05, 4.69) is 24.5 Å². The molecule has 0 fully saturated rings. The molecule has 0 radical (unpaired) electrons. The quantitative estimate of drug-likeness (QED) is 0.625. The van der Waals surface area contributed by atoms with Crippen molar-refractivity contribution in [3.63, 3.8) is 0 Å². The van der Waals surface area contributed by atoms with Gasteiger partial charge in [0, 0.05) is 21.7 Å². The molecule has 0 unspecified atom stereocenters. The number of amides is 2. The Morgan fingerprint density at radius 2 is 1.40 bits per heavy atom. The van der Waals surface area contributed by atoms with Crippen LogP contribution in [0.1, 0.15) is 36.5 Å². The molecule has 4 rings (SSSR count). The molecule has 0 aromatic heterocycles. The summed E-state index contributed by atoms with van der Waals surface area (Å²) in [7, 11) is 0. The van der Waals surface area contributed by atoms with Crippen molar-refractivity contribution in [2.75, 3.05) is 16.9 Å². The minimum atomic E-state index is -0.223. The number of thioether (sulfide) groups is 1. The number of hydrogen-bond donors (Lipinski definition) is 2. The molecule has 2 aromatic rings. The highest BCUT2D eigenvalue weighted by Crippen LogP contribution is 2.43. The second-order valence-corrected chi connectivity index (χ2v) is 7.41. The first kappa shape index (κ1) is 16.0. The Morgan fingerprint density at radius 1 is 0.840 bits per heavy atom. The molecule has 0 atom stereocenters. The van der Waals surface area contributed by atoms with Crippen LogP contribution in [-0.4, -0.2) is 18.1 Å². The summed E-state index contributed by atoms with van der Waals surface area (Å²) in [6.45, 7) is 4.23. The van der Waals surface area contributed by atoms with Crippen LogP contribution >= 0.6 is 11.8 Å². The van der Waals surface area contributed by atoms with Crippen molar-refractivity contribution in [2.45, 2.75) is 24.7 Å². The minimum absolute atomic E-state index is 0.220. The minimum Gasteiger partial charge on any atom is -0.321 e. The molecule has 25 heavy (non-hydrogen) atoms. The summed E-state index contributed by atoms with van der Waals surface area (Å²) in [5.74, 6) is -0.0681. The number of hydrogen-bond acceptors (Lipinski definition) is 3. The maximum Gasteiger partial charge on any atom is 0.257 e. The summed E-state index contributed by atoms with van der Waals surface area (Å²) in [5, 5.41) is 5.80. The van der Waals surface area contributed by atoms with Crippen LogP contribution < -0.4 is 10.6 Å². The fraction of sp³-hybridized carbons (Fsp3) is 0.200. The van der Waals surface area contributed by atoms with E-state index in [4.69, 9.17) is 0 Å². The third kappa shape index (κ3) is 2.46. The molecule has 2 N–H and O–H groups in total. The molecule has 2 amide bonds. The fourth-order valence-electron chi connectivity index (χ4n) is 3.32. The topological polar surface area (TPSA) is 58.2 Å². The molecular formula is C20H18N2O2S. The van der Waals surface area contributed by atoms with Crippen molar-refractivity contribution in [1.82, 2.24) is 0 Å². The van der Waals surface area contributed by atoms with Crippen molar-refractivity contribution in [3.8, 4) is 0 Å². The van der Waals surface area contributed by atoms with Gasteiger partial charge in [-0.3, -0.25) is 9.59 Å². The summed E-state index contributed by atoms with van der Waals surface area (Å²) in [5.41, 5.74) is 5.19. The molecule has 2 aliphatic rings. The predicted octanol–water partition coefficient (Wildman–Crippen LogP) is 4.35. The van der Waals surface area contributed by atoms with Gasteiger partial charge >= 0.3 is 0 Å². The van der Waals surface area contributed by atoms with Crippen LogP contribution in [-0.2, 0) is 9.59 Å². The molecule has 2 aliphatic heterocycles. The Hall–Kier alpha value is -2.53. The van der Waals surface area contributed by atoms with Crippen molar-refractivity contribution in [3.05, 3.63) is 53.1 Å². The standard InChI is InChI=1S/C20H18N2O2S/c1-10(2)11-4-6-13-15(8-11)21-19(23)17(13)18-14-7-5-12(25-3)9-16(14)22-20(18)24/h4-10H,1-3H3,(H,21,23)(H,22,24)/b18-17+. The Morgan fingerprint density at radius 3 is 1.96 bits per heavy atom. The van der Waals surface area contributed by atoms with Crippen LogP contribution in [0.2, 0.25) is 0 Å². The van der Waals surface area contributed by atoms with Crippen LogP contribution in [0, 0.1) is 0 Å². The molecule has 0 bridgehead atoms. The van der Waals surface area contributed by atoms with E-state index < -0.39 is 0 Å². The number of rotatable bonds is 2. The van der Waals surface area contributed by atoms with E-state index in [0.717, 1.165) is 33.0 Å². The van der Waals surface area contributed by atoms with E-state index in [1.807, 2.05) is 42.7 Å². The fourth-order valence-corrected chi connectivity index (χ4v) is 3.76. The van der Waals surface area contributed by atoms with Gasteiger partial charge in [0.15, 0.2) is 0 Å². The summed E-state index contributed by atoms with van der Waals surface area (Å²) in [6, 6.07) is 11.8. The van der Waals surface area contributed by atoms with Crippen LogP contribution in [0.4, 0.5) is 11.4 Å². The molecule has 2 heterocycles. The second-order valence-electron chi connectivity index (χ2n) is 6.53. The average Bonchev–Trinajstić information content (AvgIpc) is 3.08. The lowest BCUT2D eigenvalue weighted by molar-refractivity contribution is -0.112. The largest absolute Gasteiger partial charge is 0.321 e. The number of carbonyl (C=O) groups is 2. The van der Waals surface area contributed by atoms with Crippen molar-refractivity contribution < 1.29 is 9.59 Å². The first-order valence-corrected chi connectivity index (χ1v) is 9.41. The van der Waals surface area contributed by atoms with Gasteiger partial charge < -0.3 is 10.6 Å². The average molecular weight is 350 g/mol. The smallest absolute Gasteiger partial charge is 0.257 e. The second kappa shape index (κ2) is 5.77. The lowest BCUT2D eigenvalue weighted by atomic mass is 9.94. The Kier molecular flexibility index (Phi) is 3.69. The van der Waals surface area contributed by atoms with E-state index in [1.54, 1.807) is 11.8 Å². The molecule has 5 heteroatoms. The third-order valence-electron chi connectivity index (χ3n) is 4.68. The summed E-state index contributed by atoms with van der Waals surface area (Å²) in [4.78, 5) is 26.3. The lowest BCUT2D eigenvalue weighted by Gasteiger charge is -2.08. The molecule has 0 spiro atoms. The van der Waals surface area contributed by atoms with Gasteiger partial charge in [-0.25, -0.2) is 0 Å². The predicted molar refractivity (Wildman–Crippen MR) is 103 cm³/mol. The first-order valence-electron chi connectivity index (χ1n) is 8.19. The van der Waals surface area contributed by atoms with Gasteiger partial charge in [0.05, 0.1) is 16.8 Å². The van der Waals surface area contributed by atoms with Crippen LogP contribution in [0.15, 0.2) is 41.3 Å². The zero-order valence-corrected chi connectivity index (χ0v) is 15.1. The van der Waals surface area contributed by atoms with Gasteiger partial charge in [-0.05, 0) is 35.9 Å². The molecule has 126 valence electrons. The zero-order valence-electron chi connectivity index (χ0n) is 14.3. The third-order valence-corrected chi connectivity index (χ3v) is 5.40. The van der Waals surface area contributed by atoms with Gasteiger partial charge in [-0.2, -0.15) is 0 Å².